The van der Waals surface area contributed by atoms with Crippen LogP contribution in [-0.2, 0) is 0 Å². The summed E-state index contributed by atoms with van der Waals surface area (Å²) < 4.78 is 0. The van der Waals surface area contributed by atoms with Crippen LogP contribution < -0.4 is 0 Å². The predicted molar refractivity (Wildman–Crippen MR) is 56.6 cm³/mol. The second-order valence-electron chi connectivity index (χ2n) is 3.12. The molecule has 0 fully saturated rings. The van der Waals surface area contributed by atoms with Gasteiger partial charge in [-0.3, -0.25) is 4.98 Å². The van der Waals surface area contributed by atoms with E-state index in [9.17, 15) is 0 Å². The number of fused-ring (bicyclic) bond motifs is 1. The molecule has 1 heteroatoms. The Labute approximate surface area is 77.7 Å². The van der Waals surface area contributed by atoms with Crippen LogP contribution in [0, 0.1) is 6.92 Å². The lowest BCUT2D eigenvalue weighted by Crippen LogP contribution is -1.83. The minimum absolute atomic E-state index is 0.956. The van der Waals surface area contributed by atoms with Crippen molar-refractivity contribution in [2.45, 2.75) is 6.92 Å². The molecule has 0 saturated heterocycles. The highest BCUT2D eigenvalue weighted by Gasteiger charge is 1.97. The molecule has 2 aromatic rings. The molecule has 0 saturated carbocycles. The minimum atomic E-state index is 0.956. The van der Waals surface area contributed by atoms with Gasteiger partial charge in [0, 0.05) is 11.6 Å². The molecule has 0 atom stereocenters. The van der Waals surface area contributed by atoms with Gasteiger partial charge >= 0.3 is 0 Å². The Bertz CT molecular complexity index is 458. The van der Waals surface area contributed by atoms with Crippen LogP contribution in [0.4, 0.5) is 0 Å². The van der Waals surface area contributed by atoms with Crippen molar-refractivity contribution in [2.24, 2.45) is 0 Å². The number of hydrogen-bond donors (Lipinski definition) is 0. The van der Waals surface area contributed by atoms with Gasteiger partial charge < -0.3 is 0 Å². The van der Waals surface area contributed by atoms with Crippen LogP contribution >= 0.6 is 0 Å². The maximum absolute atomic E-state index is 4.24. The van der Waals surface area contributed by atoms with Gasteiger partial charge in [0.1, 0.15) is 0 Å². The Hall–Kier alpha value is -1.63. The molecular formula is C12H11N. The normalized spacial score (nSPS) is 10.2. The van der Waals surface area contributed by atoms with E-state index in [1.165, 1.54) is 16.3 Å². The van der Waals surface area contributed by atoms with Crippen molar-refractivity contribution in [3.63, 3.8) is 0 Å². The van der Waals surface area contributed by atoms with Crippen LogP contribution in [0.25, 0.3) is 16.8 Å². The number of rotatable bonds is 1. The number of aromatic nitrogens is 1. The van der Waals surface area contributed by atoms with Gasteiger partial charge in [0.05, 0.1) is 5.69 Å². The van der Waals surface area contributed by atoms with Crippen molar-refractivity contribution in [3.8, 4) is 0 Å². The van der Waals surface area contributed by atoms with Crippen molar-refractivity contribution in [1.82, 2.24) is 4.98 Å². The van der Waals surface area contributed by atoms with Gasteiger partial charge in [-0.15, -0.1) is 0 Å². The first kappa shape index (κ1) is 7.99. The molecule has 0 aliphatic carbocycles. The number of nitrogens with zero attached hydrogens (tertiary/aromatic N) is 1. The lowest BCUT2D eigenvalue weighted by Gasteiger charge is -2.01. The third-order valence-electron chi connectivity index (χ3n) is 2.14. The molecule has 0 N–H and O–H groups in total. The van der Waals surface area contributed by atoms with Gasteiger partial charge in [-0.25, -0.2) is 0 Å². The lowest BCUT2D eigenvalue weighted by molar-refractivity contribution is 1.33. The van der Waals surface area contributed by atoms with Crippen LogP contribution in [0.5, 0.6) is 0 Å². The van der Waals surface area contributed by atoms with E-state index in [-0.39, 0.29) is 0 Å². The molecule has 0 spiro atoms. The van der Waals surface area contributed by atoms with Crippen LogP contribution in [0.2, 0.25) is 0 Å². The van der Waals surface area contributed by atoms with Gasteiger partial charge in [-0.1, -0.05) is 30.3 Å². The van der Waals surface area contributed by atoms with Crippen LogP contribution in [0.15, 0.2) is 37.0 Å². The summed E-state index contributed by atoms with van der Waals surface area (Å²) in [6.45, 7) is 5.83. The van der Waals surface area contributed by atoms with E-state index in [0.29, 0.717) is 0 Å². The van der Waals surface area contributed by atoms with E-state index in [4.69, 9.17) is 0 Å². The predicted octanol–water partition coefficient (Wildman–Crippen LogP) is 3.19. The summed E-state index contributed by atoms with van der Waals surface area (Å²) in [6.07, 6.45) is 3.61. The standard InChI is InChI=1S/C12H11N/c1-3-12-11-5-4-9(2)8-10(11)6-7-13-12/h3-8H,1H2,2H3. The van der Waals surface area contributed by atoms with E-state index >= 15 is 0 Å². The zero-order valence-corrected chi connectivity index (χ0v) is 7.62. The highest BCUT2D eigenvalue weighted by Crippen LogP contribution is 2.18. The van der Waals surface area contributed by atoms with E-state index in [2.05, 4.69) is 36.7 Å². The summed E-state index contributed by atoms with van der Waals surface area (Å²) >= 11 is 0. The molecule has 0 aliphatic heterocycles. The second-order valence-corrected chi connectivity index (χ2v) is 3.12. The van der Waals surface area contributed by atoms with Crippen LogP contribution in [0.1, 0.15) is 11.3 Å². The van der Waals surface area contributed by atoms with E-state index < -0.39 is 0 Å². The average molecular weight is 169 g/mol. The van der Waals surface area contributed by atoms with E-state index in [1.807, 2.05) is 12.3 Å². The third kappa shape index (κ3) is 1.33. The smallest absolute Gasteiger partial charge is 0.0702 e. The number of aryl methyl sites for hydroxylation is 1. The first-order valence-corrected chi connectivity index (χ1v) is 4.29. The van der Waals surface area contributed by atoms with Crippen molar-refractivity contribution >= 4 is 16.8 Å². The number of pyridine rings is 1. The Balaban J connectivity index is 2.84. The summed E-state index contributed by atoms with van der Waals surface area (Å²) in [5, 5.41) is 2.40. The van der Waals surface area contributed by atoms with Crippen molar-refractivity contribution in [1.29, 1.82) is 0 Å². The second kappa shape index (κ2) is 3.02. The molecule has 0 unspecified atom stereocenters. The molecule has 0 radical (unpaired) electrons. The molecule has 1 nitrogen and oxygen atoms in total. The fraction of sp³-hybridized carbons (Fsp3) is 0.0833. The summed E-state index contributed by atoms with van der Waals surface area (Å²) in [6, 6.07) is 8.37. The van der Waals surface area contributed by atoms with Crippen LogP contribution in [-0.4, -0.2) is 4.98 Å². The first-order chi connectivity index (χ1) is 6.31. The van der Waals surface area contributed by atoms with Crippen molar-refractivity contribution < 1.29 is 0 Å². The zero-order valence-electron chi connectivity index (χ0n) is 7.62. The molecule has 1 aromatic heterocycles. The molecule has 1 heterocycles. The molecule has 0 amide bonds. The van der Waals surface area contributed by atoms with Crippen molar-refractivity contribution in [2.75, 3.05) is 0 Å². The Morgan fingerprint density at radius 1 is 1.31 bits per heavy atom. The first-order valence-electron chi connectivity index (χ1n) is 4.29. The number of hydrogen-bond acceptors (Lipinski definition) is 1. The zero-order chi connectivity index (χ0) is 9.26. The molecule has 2 rings (SSSR count). The Morgan fingerprint density at radius 2 is 2.15 bits per heavy atom. The molecule has 0 bridgehead atoms. The van der Waals surface area contributed by atoms with Gasteiger partial charge in [0.25, 0.3) is 0 Å². The van der Waals surface area contributed by atoms with Crippen molar-refractivity contribution in [3.05, 3.63) is 48.3 Å². The lowest BCUT2D eigenvalue weighted by atomic mass is 10.1. The monoisotopic (exact) mass is 169 g/mol. The highest BCUT2D eigenvalue weighted by atomic mass is 14.7. The van der Waals surface area contributed by atoms with Gasteiger partial charge in [0.15, 0.2) is 0 Å². The fourth-order valence-electron chi connectivity index (χ4n) is 1.48. The Kier molecular flexibility index (Phi) is 1.85. The summed E-state index contributed by atoms with van der Waals surface area (Å²) in [5.41, 5.74) is 2.23. The largest absolute Gasteiger partial charge is 0.256 e. The highest BCUT2D eigenvalue weighted by molar-refractivity contribution is 5.89. The van der Waals surface area contributed by atoms with Gasteiger partial charge in [-0.2, -0.15) is 0 Å². The molecule has 1 aromatic carbocycles. The third-order valence-corrected chi connectivity index (χ3v) is 2.14. The maximum atomic E-state index is 4.24. The summed E-state index contributed by atoms with van der Waals surface area (Å²) in [5.74, 6) is 0. The van der Waals surface area contributed by atoms with Crippen LogP contribution in [0.3, 0.4) is 0 Å². The molecule has 0 aliphatic rings. The molecule has 64 valence electrons. The van der Waals surface area contributed by atoms with E-state index in [1.54, 1.807) is 6.08 Å². The average Bonchev–Trinajstić information content (AvgIpc) is 2.16. The SMILES string of the molecule is C=Cc1nccc2cc(C)ccc12. The van der Waals surface area contributed by atoms with Gasteiger partial charge in [0.2, 0.25) is 0 Å². The quantitative estimate of drug-likeness (QED) is 0.638. The van der Waals surface area contributed by atoms with Gasteiger partial charge in [-0.05, 0) is 24.5 Å². The summed E-state index contributed by atoms with van der Waals surface area (Å²) in [4.78, 5) is 4.24. The maximum Gasteiger partial charge on any atom is 0.0702 e. The molecule has 13 heavy (non-hydrogen) atoms. The Morgan fingerprint density at radius 3 is 2.92 bits per heavy atom. The number of benzene rings is 1. The minimum Gasteiger partial charge on any atom is -0.256 e. The molecular weight excluding hydrogens is 158 g/mol. The fourth-order valence-corrected chi connectivity index (χ4v) is 1.48. The topological polar surface area (TPSA) is 12.9 Å². The van der Waals surface area contributed by atoms with E-state index in [0.717, 1.165) is 5.69 Å². The summed E-state index contributed by atoms with van der Waals surface area (Å²) in [7, 11) is 0.